The first kappa shape index (κ1) is 65.3. The van der Waals surface area contributed by atoms with Crippen LogP contribution in [0, 0.1) is 51.4 Å². The Labute approximate surface area is 442 Å². The van der Waals surface area contributed by atoms with Gasteiger partial charge in [0, 0.05) is 41.9 Å². The molecule has 0 amide bonds. The van der Waals surface area contributed by atoms with Crippen LogP contribution in [0.5, 0.6) is 0 Å². The van der Waals surface area contributed by atoms with E-state index in [2.05, 4.69) is 21.5 Å². The van der Waals surface area contributed by atoms with E-state index in [1.54, 1.807) is 38.1 Å². The minimum atomic E-state index is -6.01. The van der Waals surface area contributed by atoms with E-state index in [0.717, 1.165) is 57.5 Å². The molecule has 4 aromatic carbocycles. The summed E-state index contributed by atoms with van der Waals surface area (Å²) in [5.74, 6) is 5.69. The van der Waals surface area contributed by atoms with Crippen molar-refractivity contribution >= 4 is 11.9 Å². The molecule has 0 heterocycles. The van der Waals surface area contributed by atoms with Gasteiger partial charge in [-0.1, -0.05) is 100 Å². The summed E-state index contributed by atoms with van der Waals surface area (Å²) in [5.41, 5.74) is -2.30. The molecule has 0 fully saturated rings. The van der Waals surface area contributed by atoms with Crippen molar-refractivity contribution in [3.05, 3.63) is 140 Å². The van der Waals surface area contributed by atoms with Crippen LogP contribution in [-0.4, -0.2) is 81.1 Å². The fourth-order valence-corrected chi connectivity index (χ4v) is 9.16. The number of alkyl halides is 12. The lowest BCUT2D eigenvalue weighted by atomic mass is 9.69. The predicted octanol–water partition coefficient (Wildman–Crippen LogP) is 14.1. The topological polar surface area (TPSA) is 91.3 Å². The highest BCUT2D eigenvalue weighted by molar-refractivity contribution is 5.70. The number of hydrogen-bond donors (Lipinski definition) is 1. The van der Waals surface area contributed by atoms with E-state index >= 15 is 0 Å². The number of methoxy groups -OCH3 is 3. The smallest absolute Gasteiger partial charge is 0.438 e. The molecule has 0 aliphatic rings. The SMILES string of the molecule is CCC(CC)(c1ccc(C#CC(O)(C(F)(F)F)C(F)(F)F)c(C)c1)c1ccc(CCC(=O)OC)c(C)c1.CCC(CC)(c1ccc(C#CC(OCOC)(C(F)(F)F)C(F)(F)F)c(C)c1)c1ccc(CCC(=O)OC)c(C)c1. The molecule has 0 atom stereocenters. The van der Waals surface area contributed by atoms with Gasteiger partial charge in [-0.25, -0.2) is 0 Å². The Morgan fingerprint density at radius 2 is 0.805 bits per heavy atom. The molecule has 0 aliphatic heterocycles. The van der Waals surface area contributed by atoms with Gasteiger partial charge in [0.05, 0.1) is 14.2 Å². The maximum absolute atomic E-state index is 13.6. The third-order valence-corrected chi connectivity index (χ3v) is 14.2. The van der Waals surface area contributed by atoms with Crippen LogP contribution in [0.25, 0.3) is 0 Å². The lowest BCUT2D eigenvalue weighted by Gasteiger charge is -2.34. The summed E-state index contributed by atoms with van der Waals surface area (Å²) in [6.07, 6.45) is -19.4. The van der Waals surface area contributed by atoms with Crippen LogP contribution in [0.2, 0.25) is 0 Å². The largest absolute Gasteiger partial charge is 0.469 e. The number of ether oxygens (including phenoxy) is 4. The second-order valence-electron chi connectivity index (χ2n) is 18.5. The van der Waals surface area contributed by atoms with Gasteiger partial charge in [-0.05, 0) is 146 Å². The average Bonchev–Trinajstić information content (AvgIpc) is 3.35. The Morgan fingerprint density at radius 1 is 0.481 bits per heavy atom. The van der Waals surface area contributed by atoms with Crippen molar-refractivity contribution in [3.8, 4) is 23.7 Å². The van der Waals surface area contributed by atoms with Gasteiger partial charge in [0.1, 0.15) is 6.79 Å². The summed E-state index contributed by atoms with van der Waals surface area (Å²) in [7, 11) is 3.59. The molecule has 0 radical (unpaired) electrons. The van der Waals surface area contributed by atoms with Crippen molar-refractivity contribution in [3.63, 3.8) is 0 Å². The standard InChI is InChI=1S/C30H34F6O4.C28H30F6O3/c1-7-27(8-2,24-12-9-22(20(3)17-24)11-14-26(37)39-6)25-13-10-23(21(4)18-25)15-16-28(29(31,32)33,30(34,35)36)40-19-38-5;1-6-25(7-2,22-11-8-20(18(3)16-22)10-13-24(35)37-5)23-12-9-21(19(4)17-23)14-15-26(36,27(29,30)31)28(32,33)34/h9-10,12-13,17-18H,7-8,11,14,19H2,1-6H3;8-9,11-12,16-17,36H,6-7,10,13H2,1-5H3. The van der Waals surface area contributed by atoms with E-state index in [0.29, 0.717) is 49.7 Å². The minimum Gasteiger partial charge on any atom is -0.469 e. The number of benzene rings is 4. The number of rotatable bonds is 17. The molecule has 0 aromatic heterocycles. The summed E-state index contributed by atoms with van der Waals surface area (Å²) in [5, 5.41) is 9.33. The number of carbonyl (C=O) groups excluding carboxylic acids is 2. The molecule has 4 aromatic rings. The number of esters is 2. The zero-order valence-corrected chi connectivity index (χ0v) is 44.7. The van der Waals surface area contributed by atoms with Crippen LogP contribution in [0.1, 0.15) is 133 Å². The van der Waals surface area contributed by atoms with Gasteiger partial charge in [-0.3, -0.25) is 9.59 Å². The summed E-state index contributed by atoms with van der Waals surface area (Å²) in [6, 6.07) is 21.6. The van der Waals surface area contributed by atoms with E-state index in [-0.39, 0.29) is 35.9 Å². The number of hydrogen-bond acceptors (Lipinski definition) is 7. The molecule has 422 valence electrons. The molecule has 0 aliphatic carbocycles. The summed E-state index contributed by atoms with van der Waals surface area (Å²) < 4.78 is 178. The normalized spacial score (nSPS) is 12.6. The van der Waals surface area contributed by atoms with E-state index in [1.807, 2.05) is 77.8 Å². The van der Waals surface area contributed by atoms with Crippen LogP contribution < -0.4 is 0 Å². The molecule has 4 rings (SSSR count). The Balaban J connectivity index is 0.000000406. The highest BCUT2D eigenvalue weighted by Crippen LogP contribution is 2.47. The maximum atomic E-state index is 13.6. The fourth-order valence-electron chi connectivity index (χ4n) is 9.16. The number of aryl methyl sites for hydroxylation is 6. The van der Waals surface area contributed by atoms with Crippen LogP contribution in [0.4, 0.5) is 52.7 Å². The van der Waals surface area contributed by atoms with Crippen molar-refractivity contribution in [2.45, 2.75) is 153 Å². The predicted molar refractivity (Wildman–Crippen MR) is 267 cm³/mol. The first-order chi connectivity index (χ1) is 35.7. The molecular weight excluding hydrogens is 1040 g/mol. The first-order valence-electron chi connectivity index (χ1n) is 24.4. The van der Waals surface area contributed by atoms with Crippen LogP contribution in [-0.2, 0) is 52.2 Å². The van der Waals surface area contributed by atoms with Gasteiger partial charge in [0.15, 0.2) is 0 Å². The molecule has 1 N–H and O–H groups in total. The third-order valence-electron chi connectivity index (χ3n) is 14.2. The molecule has 0 spiro atoms. The van der Waals surface area contributed by atoms with E-state index < -0.39 is 53.5 Å². The van der Waals surface area contributed by atoms with Crippen LogP contribution in [0.15, 0.2) is 72.8 Å². The summed E-state index contributed by atoms with van der Waals surface area (Å²) in [6.45, 7) is 13.8. The zero-order valence-electron chi connectivity index (χ0n) is 44.7. The maximum Gasteiger partial charge on any atom is 0.438 e. The molecule has 0 saturated carbocycles. The Hall–Kier alpha value is -6.02. The number of carbonyl (C=O) groups is 2. The van der Waals surface area contributed by atoms with Gasteiger partial charge >= 0.3 is 47.8 Å². The Bertz CT molecular complexity index is 2770. The zero-order chi connectivity index (χ0) is 58.6. The van der Waals surface area contributed by atoms with Crippen molar-refractivity contribution in [2.24, 2.45) is 0 Å². The van der Waals surface area contributed by atoms with Crippen molar-refractivity contribution in [1.82, 2.24) is 0 Å². The molecule has 7 nitrogen and oxygen atoms in total. The Morgan fingerprint density at radius 3 is 1.08 bits per heavy atom. The molecule has 0 bridgehead atoms. The van der Waals surface area contributed by atoms with E-state index in [9.17, 15) is 67.4 Å². The number of aliphatic hydroxyl groups is 1. The van der Waals surface area contributed by atoms with Gasteiger partial charge in [-0.2, -0.15) is 52.7 Å². The second kappa shape index (κ2) is 26.1. The molecule has 77 heavy (non-hydrogen) atoms. The molecule has 0 unspecified atom stereocenters. The Kier molecular flexibility index (Phi) is 22.1. The highest BCUT2D eigenvalue weighted by atomic mass is 19.4. The fraction of sp³-hybridized carbons (Fsp3) is 0.483. The summed E-state index contributed by atoms with van der Waals surface area (Å²) in [4.78, 5) is 23.1. The number of halogens is 12. The lowest BCUT2D eigenvalue weighted by molar-refractivity contribution is -0.368. The quantitative estimate of drug-likeness (QED) is 0.0487. The molecular formula is C58H64F12O7. The van der Waals surface area contributed by atoms with Gasteiger partial charge in [-0.15, -0.1) is 0 Å². The lowest BCUT2D eigenvalue weighted by Crippen LogP contribution is -2.58. The van der Waals surface area contributed by atoms with E-state index in [1.165, 1.54) is 32.3 Å². The minimum absolute atomic E-state index is 0.0121. The average molecular weight is 1100 g/mol. The van der Waals surface area contributed by atoms with Crippen LogP contribution >= 0.6 is 0 Å². The van der Waals surface area contributed by atoms with Crippen molar-refractivity contribution in [2.75, 3.05) is 28.1 Å². The molecule has 19 heteroatoms. The van der Waals surface area contributed by atoms with Crippen molar-refractivity contribution < 1.29 is 86.3 Å². The van der Waals surface area contributed by atoms with Gasteiger partial charge in [0.2, 0.25) is 0 Å². The van der Waals surface area contributed by atoms with Gasteiger partial charge in [0.25, 0.3) is 0 Å². The first-order valence-corrected chi connectivity index (χ1v) is 24.4. The third kappa shape index (κ3) is 14.6. The van der Waals surface area contributed by atoms with Gasteiger partial charge < -0.3 is 24.1 Å². The molecule has 0 saturated heterocycles. The monoisotopic (exact) mass is 1100 g/mol. The van der Waals surface area contributed by atoms with Crippen LogP contribution in [0.3, 0.4) is 0 Å². The van der Waals surface area contributed by atoms with E-state index in [4.69, 9.17) is 9.47 Å². The van der Waals surface area contributed by atoms with Crippen molar-refractivity contribution in [1.29, 1.82) is 0 Å². The second-order valence-corrected chi connectivity index (χ2v) is 18.5. The summed E-state index contributed by atoms with van der Waals surface area (Å²) >= 11 is 0. The highest BCUT2D eigenvalue weighted by Gasteiger charge is 2.73.